The van der Waals surface area contributed by atoms with Crippen LogP contribution in [0.4, 0.5) is 5.82 Å². The van der Waals surface area contributed by atoms with Crippen molar-refractivity contribution in [1.29, 1.82) is 0 Å². The standard InChI is InChI=1S/C10H14ClN3/c1-7-3-8(2)14(5-7)10-4-9(11)12-6-13-10/h4,6-8H,3,5H2,1-2H3. The van der Waals surface area contributed by atoms with Crippen molar-refractivity contribution in [1.82, 2.24) is 9.97 Å². The lowest BCUT2D eigenvalue weighted by atomic mass is 10.1. The monoisotopic (exact) mass is 211 g/mol. The van der Waals surface area contributed by atoms with Crippen molar-refractivity contribution < 1.29 is 0 Å². The Morgan fingerprint density at radius 1 is 1.43 bits per heavy atom. The first-order chi connectivity index (χ1) is 6.66. The lowest BCUT2D eigenvalue weighted by Crippen LogP contribution is -2.27. The molecular weight excluding hydrogens is 198 g/mol. The average Bonchev–Trinajstić information content (AvgIpc) is 2.45. The van der Waals surface area contributed by atoms with Crippen LogP contribution in [-0.2, 0) is 0 Å². The second-order valence-corrected chi connectivity index (χ2v) is 4.43. The molecule has 2 unspecified atom stereocenters. The van der Waals surface area contributed by atoms with Gasteiger partial charge in [-0.25, -0.2) is 9.97 Å². The number of anilines is 1. The Morgan fingerprint density at radius 3 is 2.79 bits per heavy atom. The molecule has 0 aliphatic carbocycles. The van der Waals surface area contributed by atoms with E-state index in [1.54, 1.807) is 0 Å². The number of rotatable bonds is 1. The molecule has 2 rings (SSSR count). The SMILES string of the molecule is CC1CC(C)N(c2cc(Cl)ncn2)C1. The Morgan fingerprint density at radius 2 is 2.21 bits per heavy atom. The number of hydrogen-bond donors (Lipinski definition) is 0. The minimum atomic E-state index is 0.516. The minimum Gasteiger partial charge on any atom is -0.353 e. The van der Waals surface area contributed by atoms with E-state index in [1.165, 1.54) is 12.7 Å². The topological polar surface area (TPSA) is 29.0 Å². The molecule has 0 amide bonds. The fourth-order valence-electron chi connectivity index (χ4n) is 2.10. The first kappa shape index (κ1) is 9.71. The van der Waals surface area contributed by atoms with Crippen LogP contribution in [-0.4, -0.2) is 22.6 Å². The molecule has 0 aromatic carbocycles. The Labute approximate surface area is 89.1 Å². The van der Waals surface area contributed by atoms with Crippen molar-refractivity contribution in [3.63, 3.8) is 0 Å². The molecule has 14 heavy (non-hydrogen) atoms. The van der Waals surface area contributed by atoms with Crippen molar-refractivity contribution in [2.45, 2.75) is 26.3 Å². The molecule has 2 atom stereocenters. The first-order valence-corrected chi connectivity index (χ1v) is 5.29. The summed E-state index contributed by atoms with van der Waals surface area (Å²) in [6.07, 6.45) is 2.75. The van der Waals surface area contributed by atoms with Gasteiger partial charge in [0.25, 0.3) is 0 Å². The Kier molecular flexibility index (Phi) is 2.59. The van der Waals surface area contributed by atoms with Crippen LogP contribution in [0.3, 0.4) is 0 Å². The molecule has 0 bridgehead atoms. The maximum absolute atomic E-state index is 5.83. The van der Waals surface area contributed by atoms with E-state index in [9.17, 15) is 0 Å². The van der Waals surface area contributed by atoms with Gasteiger partial charge in [-0.15, -0.1) is 0 Å². The molecule has 1 fully saturated rings. The summed E-state index contributed by atoms with van der Waals surface area (Å²) in [5.41, 5.74) is 0. The van der Waals surface area contributed by atoms with Crippen LogP contribution < -0.4 is 4.90 Å². The number of halogens is 1. The number of nitrogens with zero attached hydrogens (tertiary/aromatic N) is 3. The van der Waals surface area contributed by atoms with E-state index in [2.05, 4.69) is 28.7 Å². The van der Waals surface area contributed by atoms with Crippen LogP contribution in [0.2, 0.25) is 5.15 Å². The summed E-state index contributed by atoms with van der Waals surface area (Å²) in [5, 5.41) is 0.516. The third-order valence-corrected chi connectivity index (χ3v) is 2.90. The molecule has 1 aromatic heterocycles. The van der Waals surface area contributed by atoms with Gasteiger partial charge in [0.1, 0.15) is 17.3 Å². The van der Waals surface area contributed by atoms with Crippen LogP contribution in [0.1, 0.15) is 20.3 Å². The largest absolute Gasteiger partial charge is 0.353 e. The number of hydrogen-bond acceptors (Lipinski definition) is 3. The number of aromatic nitrogens is 2. The molecule has 0 saturated carbocycles. The van der Waals surface area contributed by atoms with Crippen LogP contribution >= 0.6 is 11.6 Å². The molecule has 2 heterocycles. The highest BCUT2D eigenvalue weighted by Gasteiger charge is 2.26. The zero-order valence-corrected chi connectivity index (χ0v) is 9.20. The van der Waals surface area contributed by atoms with E-state index in [-0.39, 0.29) is 0 Å². The zero-order chi connectivity index (χ0) is 10.1. The lowest BCUT2D eigenvalue weighted by molar-refractivity contribution is 0.625. The molecule has 0 radical (unpaired) electrons. The van der Waals surface area contributed by atoms with Crippen LogP contribution in [0.5, 0.6) is 0 Å². The molecule has 0 N–H and O–H groups in total. The van der Waals surface area contributed by atoms with Crippen molar-refractivity contribution in [2.24, 2.45) is 5.92 Å². The highest BCUT2D eigenvalue weighted by atomic mass is 35.5. The average molecular weight is 212 g/mol. The van der Waals surface area contributed by atoms with Gasteiger partial charge in [-0.05, 0) is 19.3 Å². The van der Waals surface area contributed by atoms with Crippen molar-refractivity contribution >= 4 is 17.4 Å². The summed E-state index contributed by atoms with van der Waals surface area (Å²) in [7, 11) is 0. The minimum absolute atomic E-state index is 0.516. The van der Waals surface area contributed by atoms with Gasteiger partial charge < -0.3 is 4.90 Å². The van der Waals surface area contributed by atoms with Crippen molar-refractivity contribution in [2.75, 3.05) is 11.4 Å². The molecule has 1 aliphatic rings. The third kappa shape index (κ3) is 1.82. The van der Waals surface area contributed by atoms with Gasteiger partial charge in [-0.1, -0.05) is 18.5 Å². The normalized spacial score (nSPS) is 26.9. The second kappa shape index (κ2) is 3.73. The predicted molar refractivity (Wildman–Crippen MR) is 57.6 cm³/mol. The smallest absolute Gasteiger partial charge is 0.134 e. The van der Waals surface area contributed by atoms with E-state index in [0.717, 1.165) is 18.3 Å². The van der Waals surface area contributed by atoms with Gasteiger partial charge in [0.15, 0.2) is 0 Å². The summed E-state index contributed by atoms with van der Waals surface area (Å²) < 4.78 is 0. The molecule has 1 aliphatic heterocycles. The van der Waals surface area contributed by atoms with E-state index < -0.39 is 0 Å². The first-order valence-electron chi connectivity index (χ1n) is 4.91. The van der Waals surface area contributed by atoms with Crippen molar-refractivity contribution in [3.05, 3.63) is 17.5 Å². The van der Waals surface area contributed by atoms with Gasteiger partial charge in [-0.3, -0.25) is 0 Å². The van der Waals surface area contributed by atoms with E-state index in [4.69, 9.17) is 11.6 Å². The highest BCUT2D eigenvalue weighted by Crippen LogP contribution is 2.27. The Hall–Kier alpha value is -0.830. The lowest BCUT2D eigenvalue weighted by Gasteiger charge is -2.22. The van der Waals surface area contributed by atoms with Gasteiger partial charge in [-0.2, -0.15) is 0 Å². The van der Waals surface area contributed by atoms with Crippen LogP contribution in [0.25, 0.3) is 0 Å². The molecule has 76 valence electrons. The molecule has 3 nitrogen and oxygen atoms in total. The third-order valence-electron chi connectivity index (χ3n) is 2.70. The van der Waals surface area contributed by atoms with Crippen LogP contribution in [0, 0.1) is 5.92 Å². The summed E-state index contributed by atoms with van der Waals surface area (Å²) in [5.74, 6) is 1.68. The maximum atomic E-state index is 5.83. The summed E-state index contributed by atoms with van der Waals surface area (Å²) >= 11 is 5.83. The molecule has 0 spiro atoms. The van der Waals surface area contributed by atoms with E-state index in [1.807, 2.05) is 6.07 Å². The van der Waals surface area contributed by atoms with Crippen molar-refractivity contribution in [3.8, 4) is 0 Å². The zero-order valence-electron chi connectivity index (χ0n) is 8.44. The van der Waals surface area contributed by atoms with E-state index >= 15 is 0 Å². The highest BCUT2D eigenvalue weighted by molar-refractivity contribution is 6.29. The second-order valence-electron chi connectivity index (χ2n) is 4.04. The summed E-state index contributed by atoms with van der Waals surface area (Å²) in [4.78, 5) is 10.4. The fraction of sp³-hybridized carbons (Fsp3) is 0.600. The van der Waals surface area contributed by atoms with Gasteiger partial charge >= 0.3 is 0 Å². The van der Waals surface area contributed by atoms with Gasteiger partial charge in [0.05, 0.1) is 0 Å². The van der Waals surface area contributed by atoms with Gasteiger partial charge in [0.2, 0.25) is 0 Å². The Balaban J connectivity index is 2.23. The van der Waals surface area contributed by atoms with E-state index in [0.29, 0.717) is 11.2 Å². The molecule has 1 saturated heterocycles. The van der Waals surface area contributed by atoms with Crippen LogP contribution in [0.15, 0.2) is 12.4 Å². The van der Waals surface area contributed by atoms with Gasteiger partial charge in [0, 0.05) is 18.7 Å². The predicted octanol–water partition coefficient (Wildman–Crippen LogP) is 2.36. The molecule has 4 heteroatoms. The molecular formula is C10H14ClN3. The summed E-state index contributed by atoms with van der Waals surface area (Å²) in [6, 6.07) is 2.38. The maximum Gasteiger partial charge on any atom is 0.134 e. The quantitative estimate of drug-likeness (QED) is 0.668. The fourth-order valence-corrected chi connectivity index (χ4v) is 2.24. The molecule has 1 aromatic rings. The summed E-state index contributed by atoms with van der Waals surface area (Å²) in [6.45, 7) is 5.55. The Bertz CT molecular complexity index is 329.